The van der Waals surface area contributed by atoms with Gasteiger partial charge in [0.1, 0.15) is 0 Å². The molecule has 7 heteroatoms. The summed E-state index contributed by atoms with van der Waals surface area (Å²) in [5, 5.41) is 2.89. The summed E-state index contributed by atoms with van der Waals surface area (Å²) in [4.78, 5) is 15.0. The van der Waals surface area contributed by atoms with Crippen molar-refractivity contribution in [3.63, 3.8) is 0 Å². The summed E-state index contributed by atoms with van der Waals surface area (Å²) in [5.74, 6) is 0.638. The molecule has 0 bridgehead atoms. The summed E-state index contributed by atoms with van der Waals surface area (Å²) in [5.41, 5.74) is 0. The highest BCUT2D eigenvalue weighted by Gasteiger charge is 2.33. The van der Waals surface area contributed by atoms with Crippen LogP contribution < -0.4 is 5.32 Å². The van der Waals surface area contributed by atoms with E-state index in [1.807, 2.05) is 26.0 Å². The van der Waals surface area contributed by atoms with E-state index in [0.29, 0.717) is 31.9 Å². The van der Waals surface area contributed by atoms with Crippen molar-refractivity contribution in [2.75, 3.05) is 25.4 Å². The molecule has 0 unspecified atom stereocenters. The van der Waals surface area contributed by atoms with Crippen LogP contribution in [0.25, 0.3) is 0 Å². The molecule has 0 spiro atoms. The molecule has 1 aliphatic heterocycles. The van der Waals surface area contributed by atoms with E-state index in [4.69, 9.17) is 11.6 Å². The van der Waals surface area contributed by atoms with Gasteiger partial charge in [0.15, 0.2) is 0 Å². The zero-order chi connectivity index (χ0) is 14.8. The van der Waals surface area contributed by atoms with Crippen molar-refractivity contribution >= 4 is 39.6 Å². The first-order valence-corrected chi connectivity index (χ1v) is 9.00. The zero-order valence-corrected chi connectivity index (χ0v) is 14.0. The number of carbonyl (C=O) groups excluding carboxylic acids is 1. The van der Waals surface area contributed by atoms with Crippen LogP contribution in [0, 0.1) is 0 Å². The van der Waals surface area contributed by atoms with Gasteiger partial charge >= 0.3 is 0 Å². The molecule has 1 atom stereocenters. The van der Waals surface area contributed by atoms with Crippen LogP contribution in [-0.4, -0.2) is 45.2 Å². The lowest BCUT2D eigenvalue weighted by molar-refractivity contribution is -0.122. The van der Waals surface area contributed by atoms with E-state index in [0.717, 1.165) is 9.21 Å². The fraction of sp³-hybridized carbons (Fsp3) is 0.615. The van der Waals surface area contributed by atoms with Gasteiger partial charge in [-0.3, -0.25) is 13.9 Å². The van der Waals surface area contributed by atoms with Crippen LogP contribution in [-0.2, 0) is 22.1 Å². The van der Waals surface area contributed by atoms with Crippen molar-refractivity contribution in [2.45, 2.75) is 25.1 Å². The molecule has 0 radical (unpaired) electrons. The number of amides is 1. The van der Waals surface area contributed by atoms with Gasteiger partial charge in [0.25, 0.3) is 0 Å². The lowest BCUT2D eigenvalue weighted by Crippen LogP contribution is -2.52. The Morgan fingerprint density at radius 2 is 2.30 bits per heavy atom. The Bertz CT molecular complexity index is 516. The Labute approximate surface area is 130 Å². The molecule has 4 nitrogen and oxygen atoms in total. The van der Waals surface area contributed by atoms with Gasteiger partial charge in [-0.15, -0.1) is 11.3 Å². The van der Waals surface area contributed by atoms with Gasteiger partial charge in [0.2, 0.25) is 5.91 Å². The Morgan fingerprint density at radius 1 is 1.55 bits per heavy atom. The maximum absolute atomic E-state index is 11.9. The summed E-state index contributed by atoms with van der Waals surface area (Å²) in [6.07, 6.45) is 0. The van der Waals surface area contributed by atoms with Crippen LogP contribution in [0.15, 0.2) is 12.1 Å². The van der Waals surface area contributed by atoms with Crippen molar-refractivity contribution in [2.24, 2.45) is 0 Å². The standard InChI is InChI=1S/C13H19ClN2O2S2/c1-13(2)9-16(5-6-20(13)18)8-12(17)15-7-10-3-4-11(14)19-10/h3-4H,5-9H2,1-2H3,(H,15,17)/t20-/m1/s1. The van der Waals surface area contributed by atoms with E-state index < -0.39 is 10.8 Å². The van der Waals surface area contributed by atoms with Crippen molar-refractivity contribution in [3.8, 4) is 0 Å². The molecule has 112 valence electrons. The van der Waals surface area contributed by atoms with Crippen LogP contribution >= 0.6 is 22.9 Å². The summed E-state index contributed by atoms with van der Waals surface area (Å²) in [7, 11) is -0.803. The van der Waals surface area contributed by atoms with Crippen molar-refractivity contribution < 1.29 is 9.00 Å². The van der Waals surface area contributed by atoms with Gasteiger partial charge in [-0.05, 0) is 26.0 Å². The quantitative estimate of drug-likeness (QED) is 0.914. The van der Waals surface area contributed by atoms with Crippen molar-refractivity contribution in [1.82, 2.24) is 10.2 Å². The lowest BCUT2D eigenvalue weighted by atomic mass is 10.2. The van der Waals surface area contributed by atoms with Gasteiger partial charge in [-0.25, -0.2) is 0 Å². The maximum Gasteiger partial charge on any atom is 0.234 e. The Hall–Kier alpha value is -0.430. The fourth-order valence-corrected chi connectivity index (χ4v) is 4.53. The normalized spacial score (nSPS) is 22.6. The van der Waals surface area contributed by atoms with Crippen LogP contribution in [0.5, 0.6) is 0 Å². The summed E-state index contributed by atoms with van der Waals surface area (Å²) >= 11 is 7.32. The molecule has 1 amide bonds. The lowest BCUT2D eigenvalue weighted by Gasteiger charge is -2.36. The van der Waals surface area contributed by atoms with Gasteiger partial charge in [0, 0.05) is 34.5 Å². The monoisotopic (exact) mass is 334 g/mol. The highest BCUT2D eigenvalue weighted by Crippen LogP contribution is 2.21. The molecule has 2 heterocycles. The van der Waals surface area contributed by atoms with Crippen molar-refractivity contribution in [3.05, 3.63) is 21.3 Å². The number of hydrogen-bond acceptors (Lipinski definition) is 4. The summed E-state index contributed by atoms with van der Waals surface area (Å²) < 4.78 is 12.3. The molecular weight excluding hydrogens is 316 g/mol. The molecule has 1 aromatic heterocycles. The van der Waals surface area contributed by atoms with Gasteiger partial charge in [-0.1, -0.05) is 11.6 Å². The first-order chi connectivity index (χ1) is 9.37. The molecule has 2 rings (SSSR count). The number of rotatable bonds is 4. The second-order valence-corrected chi connectivity index (χ2v) is 9.51. The van der Waals surface area contributed by atoms with E-state index in [2.05, 4.69) is 10.2 Å². The zero-order valence-electron chi connectivity index (χ0n) is 11.6. The SMILES string of the molecule is CC1(C)CN(CC(=O)NCc2ccc(Cl)s2)CC[S@]1=O. The number of hydrogen-bond donors (Lipinski definition) is 1. The van der Waals surface area contributed by atoms with Gasteiger partial charge < -0.3 is 5.32 Å². The third kappa shape index (κ3) is 4.28. The number of thiophene rings is 1. The summed E-state index contributed by atoms with van der Waals surface area (Å²) in [6.45, 7) is 6.26. The predicted molar refractivity (Wildman–Crippen MR) is 84.7 cm³/mol. The molecule has 0 aliphatic carbocycles. The fourth-order valence-electron chi connectivity index (χ4n) is 2.20. The topological polar surface area (TPSA) is 49.4 Å². The van der Waals surface area contributed by atoms with Crippen LogP contribution in [0.4, 0.5) is 0 Å². The molecule has 1 aromatic rings. The smallest absolute Gasteiger partial charge is 0.234 e. The molecule has 1 saturated heterocycles. The highest BCUT2D eigenvalue weighted by molar-refractivity contribution is 7.86. The van der Waals surface area contributed by atoms with E-state index >= 15 is 0 Å². The molecular formula is C13H19ClN2O2S2. The minimum Gasteiger partial charge on any atom is -0.350 e. The predicted octanol–water partition coefficient (Wildman–Crippen LogP) is 1.86. The highest BCUT2D eigenvalue weighted by atomic mass is 35.5. The second-order valence-electron chi connectivity index (χ2n) is 5.50. The van der Waals surface area contributed by atoms with Crippen molar-refractivity contribution in [1.29, 1.82) is 0 Å². The molecule has 1 fully saturated rings. The van der Waals surface area contributed by atoms with Crippen LogP contribution in [0.2, 0.25) is 4.34 Å². The number of nitrogens with one attached hydrogen (secondary N) is 1. The first-order valence-electron chi connectivity index (χ1n) is 6.48. The molecule has 20 heavy (non-hydrogen) atoms. The van der Waals surface area contributed by atoms with E-state index in [9.17, 15) is 9.00 Å². The molecule has 1 N–H and O–H groups in total. The average Bonchev–Trinajstić information content (AvgIpc) is 2.77. The Kier molecular flexibility index (Phi) is 5.23. The largest absolute Gasteiger partial charge is 0.350 e. The molecule has 0 saturated carbocycles. The minimum absolute atomic E-state index is 0.00185. The minimum atomic E-state index is -0.803. The van der Waals surface area contributed by atoms with E-state index in [1.54, 1.807) is 0 Å². The number of carbonyl (C=O) groups is 1. The van der Waals surface area contributed by atoms with E-state index in [1.165, 1.54) is 11.3 Å². The molecule has 0 aromatic carbocycles. The maximum atomic E-state index is 11.9. The number of nitrogens with zero attached hydrogens (tertiary/aromatic N) is 1. The Morgan fingerprint density at radius 3 is 2.90 bits per heavy atom. The first kappa shape index (κ1) is 15.9. The van der Waals surface area contributed by atoms with Gasteiger partial charge in [0.05, 0.1) is 22.2 Å². The summed E-state index contributed by atoms with van der Waals surface area (Å²) in [6, 6.07) is 3.75. The van der Waals surface area contributed by atoms with Crippen LogP contribution in [0.1, 0.15) is 18.7 Å². The van der Waals surface area contributed by atoms with Crippen LogP contribution in [0.3, 0.4) is 0 Å². The average molecular weight is 335 g/mol. The van der Waals surface area contributed by atoms with E-state index in [-0.39, 0.29) is 10.7 Å². The van der Waals surface area contributed by atoms with Gasteiger partial charge in [-0.2, -0.15) is 0 Å². The third-order valence-corrected chi connectivity index (χ3v) is 6.42. The number of halogens is 1. The molecule has 1 aliphatic rings. The Balaban J connectivity index is 1.78. The second kappa shape index (κ2) is 6.56. The third-order valence-electron chi connectivity index (χ3n) is 3.27.